The molecular weight excluding hydrogens is 408 g/mol. The highest BCUT2D eigenvalue weighted by Gasteiger charge is 2.32. The van der Waals surface area contributed by atoms with Gasteiger partial charge < -0.3 is 25.3 Å². The molecule has 1 amide bonds. The zero-order chi connectivity index (χ0) is 22.8. The summed E-state index contributed by atoms with van der Waals surface area (Å²) < 4.78 is 2.04. The molecule has 32 heavy (non-hydrogen) atoms. The van der Waals surface area contributed by atoms with E-state index in [0.29, 0.717) is 25.6 Å². The maximum atomic E-state index is 13.0. The van der Waals surface area contributed by atoms with Crippen LogP contribution in [-0.4, -0.2) is 69.8 Å². The predicted octanol–water partition coefficient (Wildman–Crippen LogP) is 2.95. The number of carboxylic acids is 1. The molecule has 1 aromatic heterocycles. The minimum Gasteiger partial charge on any atom is -0.494 e. The molecule has 174 valence electrons. The summed E-state index contributed by atoms with van der Waals surface area (Å²) in [5.74, 6) is 0.196. The van der Waals surface area contributed by atoms with Gasteiger partial charge in [-0.2, -0.15) is 0 Å². The number of aliphatic carboxylic acids is 1. The van der Waals surface area contributed by atoms with E-state index in [2.05, 4.69) is 30.1 Å². The molecule has 1 fully saturated rings. The van der Waals surface area contributed by atoms with Gasteiger partial charge in [0.15, 0.2) is 0 Å². The number of likely N-dealkylation sites (tertiary alicyclic amines) is 1. The van der Waals surface area contributed by atoms with Gasteiger partial charge in [0, 0.05) is 36.4 Å². The average Bonchev–Trinajstić information content (AvgIpc) is 2.89. The Hall–Kier alpha value is -2.74. The van der Waals surface area contributed by atoms with Crippen LogP contribution in [-0.2, 0) is 9.59 Å². The minimum absolute atomic E-state index is 0.00475. The first-order chi connectivity index (χ1) is 15.4. The number of anilines is 1. The number of benzene rings is 1. The van der Waals surface area contributed by atoms with E-state index < -0.39 is 12.0 Å². The molecule has 1 saturated heterocycles. The molecule has 2 aliphatic heterocycles. The van der Waals surface area contributed by atoms with Gasteiger partial charge in [-0.15, -0.1) is 0 Å². The van der Waals surface area contributed by atoms with Crippen LogP contribution in [0.4, 0.5) is 5.82 Å². The third kappa shape index (κ3) is 4.28. The predicted molar refractivity (Wildman–Crippen MR) is 124 cm³/mol. The third-order valence-corrected chi connectivity index (χ3v) is 6.77. The molecule has 3 N–H and O–H groups in total. The summed E-state index contributed by atoms with van der Waals surface area (Å²) in [5, 5.41) is 25.7. The zero-order valence-electron chi connectivity index (χ0n) is 19.0. The van der Waals surface area contributed by atoms with Crippen molar-refractivity contribution < 1.29 is 19.8 Å². The maximum Gasteiger partial charge on any atom is 0.323 e. The Bertz CT molecular complexity index is 986. The van der Waals surface area contributed by atoms with E-state index in [1.54, 1.807) is 0 Å². The number of nitrogens with zero attached hydrogens (tertiary/aromatic N) is 3. The number of carboxylic acid groups (broad SMARTS) is 1. The second-order valence-corrected chi connectivity index (χ2v) is 9.26. The van der Waals surface area contributed by atoms with Crippen molar-refractivity contribution in [3.63, 3.8) is 0 Å². The van der Waals surface area contributed by atoms with Gasteiger partial charge in [0.25, 0.3) is 0 Å². The van der Waals surface area contributed by atoms with Crippen LogP contribution in [0, 0.1) is 0 Å². The van der Waals surface area contributed by atoms with E-state index in [-0.39, 0.29) is 24.4 Å². The number of aromatic hydroxyl groups is 1. The van der Waals surface area contributed by atoms with Crippen LogP contribution in [0.5, 0.6) is 5.88 Å². The second-order valence-electron chi connectivity index (χ2n) is 9.26. The highest BCUT2D eigenvalue weighted by atomic mass is 16.4. The SMILES string of the molecule is CC(C)N1CCCC(CN[C@H]2CCCCN(CC(=O)O)C2=O)n2c(O)c3ccccc3c21. The van der Waals surface area contributed by atoms with E-state index in [0.717, 1.165) is 48.8 Å². The van der Waals surface area contributed by atoms with Gasteiger partial charge in [0.2, 0.25) is 11.8 Å². The van der Waals surface area contributed by atoms with Crippen LogP contribution in [0.3, 0.4) is 0 Å². The highest BCUT2D eigenvalue weighted by Crippen LogP contribution is 2.43. The number of rotatable bonds is 6. The van der Waals surface area contributed by atoms with Gasteiger partial charge in [0.1, 0.15) is 12.4 Å². The number of hydrogen-bond donors (Lipinski definition) is 3. The highest BCUT2D eigenvalue weighted by molar-refractivity contribution is 5.98. The fraction of sp³-hybridized carbons (Fsp3) is 0.583. The molecule has 1 aromatic carbocycles. The Morgan fingerprint density at radius 2 is 1.88 bits per heavy atom. The van der Waals surface area contributed by atoms with Crippen molar-refractivity contribution in [3.8, 4) is 5.88 Å². The van der Waals surface area contributed by atoms with Gasteiger partial charge in [-0.1, -0.05) is 18.2 Å². The molecule has 0 saturated carbocycles. The van der Waals surface area contributed by atoms with Gasteiger partial charge in [-0.25, -0.2) is 0 Å². The monoisotopic (exact) mass is 442 g/mol. The molecule has 0 aliphatic carbocycles. The first-order valence-corrected chi connectivity index (χ1v) is 11.7. The van der Waals surface area contributed by atoms with E-state index in [1.807, 2.05) is 22.8 Å². The van der Waals surface area contributed by atoms with Crippen molar-refractivity contribution in [1.29, 1.82) is 0 Å². The molecule has 2 aliphatic rings. The number of amides is 1. The van der Waals surface area contributed by atoms with Gasteiger partial charge in [-0.3, -0.25) is 14.2 Å². The van der Waals surface area contributed by atoms with Crippen molar-refractivity contribution in [1.82, 2.24) is 14.8 Å². The summed E-state index contributed by atoms with van der Waals surface area (Å²) in [7, 11) is 0. The molecule has 0 spiro atoms. The normalized spacial score (nSPS) is 22.2. The first-order valence-electron chi connectivity index (χ1n) is 11.7. The van der Waals surface area contributed by atoms with Crippen molar-refractivity contribution >= 4 is 28.5 Å². The lowest BCUT2D eigenvalue weighted by Gasteiger charge is -2.30. The second kappa shape index (κ2) is 9.40. The van der Waals surface area contributed by atoms with Gasteiger partial charge in [0.05, 0.1) is 12.1 Å². The lowest BCUT2D eigenvalue weighted by molar-refractivity contribution is -0.145. The number of aromatic nitrogens is 1. The van der Waals surface area contributed by atoms with Gasteiger partial charge >= 0.3 is 5.97 Å². The molecule has 8 nitrogen and oxygen atoms in total. The lowest BCUT2D eigenvalue weighted by atomic mass is 10.1. The molecule has 0 radical (unpaired) electrons. The Morgan fingerprint density at radius 1 is 1.12 bits per heavy atom. The summed E-state index contributed by atoms with van der Waals surface area (Å²) in [6.07, 6.45) is 4.28. The fourth-order valence-corrected chi connectivity index (χ4v) is 5.19. The molecule has 1 unspecified atom stereocenters. The van der Waals surface area contributed by atoms with Crippen LogP contribution in [0.25, 0.3) is 10.8 Å². The van der Waals surface area contributed by atoms with Crippen molar-refractivity contribution in [2.45, 2.75) is 64.1 Å². The maximum absolute atomic E-state index is 13.0. The van der Waals surface area contributed by atoms with Crippen molar-refractivity contribution in [2.24, 2.45) is 0 Å². The first kappa shape index (κ1) is 22.5. The topological polar surface area (TPSA) is 98.0 Å². The zero-order valence-corrected chi connectivity index (χ0v) is 19.0. The summed E-state index contributed by atoms with van der Waals surface area (Å²) >= 11 is 0. The van der Waals surface area contributed by atoms with Crippen LogP contribution in [0.1, 0.15) is 52.0 Å². The lowest BCUT2D eigenvalue weighted by Crippen LogP contribution is -2.48. The minimum atomic E-state index is -0.981. The number of carbonyl (C=O) groups excluding carboxylic acids is 1. The summed E-state index contributed by atoms with van der Waals surface area (Å²) in [6, 6.07) is 7.86. The quantitative estimate of drug-likeness (QED) is 0.636. The van der Waals surface area contributed by atoms with Crippen LogP contribution >= 0.6 is 0 Å². The van der Waals surface area contributed by atoms with Crippen molar-refractivity contribution in [2.75, 3.05) is 31.1 Å². The number of nitrogens with one attached hydrogen (secondary N) is 1. The Morgan fingerprint density at radius 3 is 2.59 bits per heavy atom. The summed E-state index contributed by atoms with van der Waals surface area (Å²) in [4.78, 5) is 27.9. The molecule has 2 aromatic rings. The number of carbonyl (C=O) groups is 2. The number of hydrogen-bond acceptors (Lipinski definition) is 5. The number of fused-ring (bicyclic) bond motifs is 3. The average molecular weight is 443 g/mol. The van der Waals surface area contributed by atoms with E-state index in [4.69, 9.17) is 5.11 Å². The molecule has 2 atom stereocenters. The molecule has 8 heteroatoms. The van der Waals surface area contributed by atoms with E-state index >= 15 is 0 Å². The van der Waals surface area contributed by atoms with Crippen LogP contribution in [0.15, 0.2) is 24.3 Å². The Kier molecular flexibility index (Phi) is 6.60. The third-order valence-electron chi connectivity index (χ3n) is 6.77. The Balaban J connectivity index is 1.61. The summed E-state index contributed by atoms with van der Waals surface area (Å²) in [5.41, 5.74) is 0. The van der Waals surface area contributed by atoms with Gasteiger partial charge in [-0.05, 0) is 52.0 Å². The van der Waals surface area contributed by atoms with E-state index in [1.165, 1.54) is 4.90 Å². The summed E-state index contributed by atoms with van der Waals surface area (Å²) in [6.45, 7) is 6.04. The molecular formula is C24H34N4O4. The van der Waals surface area contributed by atoms with Crippen molar-refractivity contribution in [3.05, 3.63) is 24.3 Å². The smallest absolute Gasteiger partial charge is 0.323 e. The molecule has 0 bridgehead atoms. The molecule has 4 rings (SSSR count). The largest absolute Gasteiger partial charge is 0.494 e. The van der Waals surface area contributed by atoms with E-state index in [9.17, 15) is 14.7 Å². The van der Waals surface area contributed by atoms with Crippen LogP contribution in [0.2, 0.25) is 0 Å². The Labute approximate surface area is 188 Å². The standard InChI is InChI=1S/C24H34N4O4/c1-16(2)27-13-7-8-17(28-22(27)18-9-3-4-10-19(18)23(28)31)14-25-20-11-5-6-12-26(24(20)32)15-21(29)30/h3-4,9-10,16-17,20,25,31H,5-8,11-15H2,1-2H3,(H,29,30)/t17?,20-/m0/s1. The fourth-order valence-electron chi connectivity index (χ4n) is 5.19. The molecule has 3 heterocycles. The van der Waals surface area contributed by atoms with Crippen LogP contribution < -0.4 is 10.2 Å².